The average Bonchev–Trinajstić information content (AvgIpc) is 2.78. The van der Waals surface area contributed by atoms with Crippen LogP contribution in [0.15, 0.2) is 52.7 Å². The highest BCUT2D eigenvalue weighted by molar-refractivity contribution is 6.32. The molecule has 0 amide bonds. The van der Waals surface area contributed by atoms with Crippen molar-refractivity contribution in [2.45, 2.75) is 12.8 Å². The molecule has 0 atom stereocenters. The topological polar surface area (TPSA) is 162 Å². The van der Waals surface area contributed by atoms with Crippen molar-refractivity contribution in [1.29, 1.82) is 0 Å². The Morgan fingerprint density at radius 2 is 1.88 bits per heavy atom. The molecule has 9 nitrogen and oxygen atoms in total. The zero-order chi connectivity index (χ0) is 24.5. The molecule has 6 N–H and O–H groups in total. The number of carboxylic acids is 1. The van der Waals surface area contributed by atoms with E-state index in [1.54, 1.807) is 19.2 Å². The molecule has 0 bridgehead atoms. The third kappa shape index (κ3) is 6.01. The number of hydrogen-bond acceptors (Lipinski definition) is 7. The van der Waals surface area contributed by atoms with E-state index < -0.39 is 11.8 Å². The minimum atomic E-state index is -1.05. The van der Waals surface area contributed by atoms with Gasteiger partial charge in [-0.25, -0.2) is 9.18 Å². The zero-order valence-corrected chi connectivity index (χ0v) is 17.8. The Bertz CT molecular complexity index is 1110. The Morgan fingerprint density at radius 1 is 1.24 bits per heavy atom. The van der Waals surface area contributed by atoms with Crippen LogP contribution >= 0.6 is 0 Å². The van der Waals surface area contributed by atoms with Crippen molar-refractivity contribution in [3.8, 4) is 0 Å². The maximum Gasteiger partial charge on any atom is 0.335 e. The van der Waals surface area contributed by atoms with Crippen molar-refractivity contribution in [3.63, 3.8) is 0 Å². The van der Waals surface area contributed by atoms with Gasteiger partial charge in [-0.3, -0.25) is 14.6 Å². The van der Waals surface area contributed by atoms with Gasteiger partial charge in [0.2, 0.25) is 0 Å². The molecule has 2 aromatic rings. The van der Waals surface area contributed by atoms with Gasteiger partial charge in [-0.1, -0.05) is 12.1 Å². The first kappa shape index (κ1) is 25.2. The molecule has 1 aliphatic carbocycles. The molecule has 0 saturated heterocycles. The van der Waals surface area contributed by atoms with Crippen LogP contribution in [0.2, 0.25) is 0 Å². The average molecular weight is 457 g/mol. The number of anilines is 1. The standard InChI is InChI=1S/C22H22FN3O4.CH2O2/c1-25-17-10-14(23)9-16-15(17)11-19(28)20(21(16)26-7-6-24)18(27)8-12-2-4-13(5-3-12)22(29)30;2-1-3/h2-5,9-10,25,27H,6-8,11,24H2,1H3,(H,29,30);1H,(H,2,3). The fourth-order valence-corrected chi connectivity index (χ4v) is 3.46. The van der Waals surface area contributed by atoms with E-state index >= 15 is 0 Å². The van der Waals surface area contributed by atoms with Crippen LogP contribution in [0.1, 0.15) is 27.0 Å². The van der Waals surface area contributed by atoms with Gasteiger partial charge in [-0.2, -0.15) is 0 Å². The lowest BCUT2D eigenvalue weighted by molar-refractivity contribution is -0.123. The fourth-order valence-electron chi connectivity index (χ4n) is 3.46. The van der Waals surface area contributed by atoms with E-state index in [0.717, 1.165) is 0 Å². The molecule has 10 heteroatoms. The second kappa shape index (κ2) is 11.5. The number of Topliss-reactive ketones (excluding diaryl/α,β-unsaturated/α-hetero) is 1. The van der Waals surface area contributed by atoms with Gasteiger partial charge in [0.15, 0.2) is 5.78 Å². The number of nitrogens with two attached hydrogens (primary N) is 1. The first-order chi connectivity index (χ1) is 15.8. The maximum atomic E-state index is 14.2. The van der Waals surface area contributed by atoms with E-state index in [1.807, 2.05) is 0 Å². The summed E-state index contributed by atoms with van der Waals surface area (Å²) in [6.45, 7) is 0.184. The van der Waals surface area contributed by atoms with Crippen LogP contribution in [0.25, 0.3) is 0 Å². The summed E-state index contributed by atoms with van der Waals surface area (Å²) in [5.41, 5.74) is 8.09. The summed E-state index contributed by atoms with van der Waals surface area (Å²) >= 11 is 0. The minimum absolute atomic E-state index is 0.00610. The molecular formula is C23H24FN3O6. The monoisotopic (exact) mass is 457 g/mol. The molecule has 174 valence electrons. The number of halogens is 1. The highest BCUT2D eigenvalue weighted by atomic mass is 19.1. The molecule has 2 aromatic carbocycles. The van der Waals surface area contributed by atoms with Gasteiger partial charge < -0.3 is 26.4 Å². The van der Waals surface area contributed by atoms with Gasteiger partial charge in [0.1, 0.15) is 11.6 Å². The van der Waals surface area contributed by atoms with Gasteiger partial charge in [0, 0.05) is 37.7 Å². The second-order valence-electron chi connectivity index (χ2n) is 6.95. The molecule has 0 heterocycles. The predicted molar refractivity (Wildman–Crippen MR) is 121 cm³/mol. The number of benzene rings is 2. The van der Waals surface area contributed by atoms with Crippen molar-refractivity contribution in [2.24, 2.45) is 10.7 Å². The third-order valence-electron chi connectivity index (χ3n) is 4.85. The lowest BCUT2D eigenvalue weighted by Gasteiger charge is -2.24. The summed E-state index contributed by atoms with van der Waals surface area (Å²) < 4.78 is 14.2. The number of nitrogens with zero attached hydrogens (tertiary/aromatic N) is 1. The van der Waals surface area contributed by atoms with E-state index in [4.69, 9.17) is 20.7 Å². The largest absolute Gasteiger partial charge is 0.511 e. The lowest BCUT2D eigenvalue weighted by Crippen LogP contribution is -2.28. The van der Waals surface area contributed by atoms with E-state index in [2.05, 4.69) is 10.3 Å². The molecule has 0 radical (unpaired) electrons. The number of fused-ring (bicyclic) bond motifs is 1. The highest BCUT2D eigenvalue weighted by Gasteiger charge is 2.32. The van der Waals surface area contributed by atoms with Crippen molar-refractivity contribution in [2.75, 3.05) is 25.5 Å². The SMILES string of the molecule is CNc1cc(F)cc2c1CC(=O)C(=C(O)Cc1ccc(C(=O)O)cc1)C2=NCCN.O=CO. The summed E-state index contributed by atoms with van der Waals surface area (Å²) in [7, 11) is 1.64. The molecule has 0 fully saturated rings. The normalized spacial score (nSPS) is 15.2. The fraction of sp³-hybridized carbons (Fsp3) is 0.217. The molecule has 1 aliphatic rings. The zero-order valence-electron chi connectivity index (χ0n) is 17.8. The Kier molecular flexibility index (Phi) is 8.81. The maximum absolute atomic E-state index is 14.2. The van der Waals surface area contributed by atoms with Crippen LogP contribution < -0.4 is 11.1 Å². The number of carbonyl (C=O) groups is 3. The molecule has 0 aromatic heterocycles. The van der Waals surface area contributed by atoms with E-state index in [-0.39, 0.29) is 60.8 Å². The number of aliphatic hydroxyl groups is 1. The number of ketones is 1. The minimum Gasteiger partial charge on any atom is -0.511 e. The molecule has 0 aliphatic heterocycles. The summed E-state index contributed by atoms with van der Waals surface area (Å²) in [6, 6.07) is 8.59. The Morgan fingerprint density at radius 3 is 2.42 bits per heavy atom. The molecule has 3 rings (SSSR count). The third-order valence-corrected chi connectivity index (χ3v) is 4.85. The number of hydrogen-bond donors (Lipinski definition) is 5. The van der Waals surface area contributed by atoms with Crippen molar-refractivity contribution in [1.82, 2.24) is 0 Å². The van der Waals surface area contributed by atoms with Gasteiger partial charge in [-0.15, -0.1) is 0 Å². The van der Waals surface area contributed by atoms with E-state index in [1.165, 1.54) is 24.3 Å². The Balaban J connectivity index is 0.00000122. The van der Waals surface area contributed by atoms with Gasteiger partial charge in [0.05, 0.1) is 23.4 Å². The Labute approximate surface area is 189 Å². The van der Waals surface area contributed by atoms with Crippen molar-refractivity contribution >= 4 is 29.6 Å². The number of carboxylic acid groups (broad SMARTS) is 2. The Hall–Kier alpha value is -4.05. The second-order valence-corrected chi connectivity index (χ2v) is 6.95. The number of rotatable bonds is 6. The lowest BCUT2D eigenvalue weighted by atomic mass is 9.82. The first-order valence-electron chi connectivity index (χ1n) is 9.88. The predicted octanol–water partition coefficient (Wildman–Crippen LogP) is 2.19. The molecule has 0 saturated carbocycles. The van der Waals surface area contributed by atoms with Crippen molar-refractivity contribution in [3.05, 3.63) is 75.8 Å². The van der Waals surface area contributed by atoms with E-state index in [9.17, 15) is 19.1 Å². The number of aliphatic imine (C=N–C) groups is 1. The molecule has 0 unspecified atom stereocenters. The summed E-state index contributed by atoms with van der Waals surface area (Å²) in [6.07, 6.45) is -0.00305. The summed E-state index contributed by atoms with van der Waals surface area (Å²) in [5.74, 6) is -2.08. The highest BCUT2D eigenvalue weighted by Crippen LogP contribution is 2.32. The number of nitrogens with one attached hydrogen (secondary N) is 1. The van der Waals surface area contributed by atoms with Crippen LogP contribution in [0.5, 0.6) is 0 Å². The number of aromatic carboxylic acids is 1. The quantitative estimate of drug-likeness (QED) is 0.250. The van der Waals surface area contributed by atoms with Crippen LogP contribution in [0, 0.1) is 5.82 Å². The van der Waals surface area contributed by atoms with Crippen LogP contribution in [-0.2, 0) is 22.4 Å². The van der Waals surface area contributed by atoms with E-state index in [0.29, 0.717) is 22.4 Å². The molecular weight excluding hydrogens is 433 g/mol. The number of carbonyl (C=O) groups excluding carboxylic acids is 1. The van der Waals surface area contributed by atoms with Gasteiger partial charge >= 0.3 is 5.97 Å². The number of allylic oxidation sites excluding steroid dienone is 2. The first-order valence-corrected chi connectivity index (χ1v) is 9.88. The number of aliphatic hydroxyl groups excluding tert-OH is 1. The summed E-state index contributed by atoms with van der Waals surface area (Å²) in [5, 5.41) is 29.6. The van der Waals surface area contributed by atoms with Crippen LogP contribution in [0.4, 0.5) is 10.1 Å². The molecule has 0 spiro atoms. The van der Waals surface area contributed by atoms with Crippen molar-refractivity contribution < 1.29 is 34.1 Å². The molecule has 33 heavy (non-hydrogen) atoms. The van der Waals surface area contributed by atoms with Crippen LogP contribution in [-0.4, -0.2) is 59.4 Å². The van der Waals surface area contributed by atoms with Crippen LogP contribution in [0.3, 0.4) is 0 Å². The smallest absolute Gasteiger partial charge is 0.335 e. The van der Waals surface area contributed by atoms with Gasteiger partial charge in [-0.05, 0) is 35.4 Å². The van der Waals surface area contributed by atoms with Gasteiger partial charge in [0.25, 0.3) is 6.47 Å². The summed E-state index contributed by atoms with van der Waals surface area (Å²) in [4.78, 5) is 36.7.